The first kappa shape index (κ1) is 22.6. The molecular weight excluding hydrogens is 336 g/mol. The number of ketones is 1. The third kappa shape index (κ3) is 9.87. The maximum atomic E-state index is 12.2. The van der Waals surface area contributed by atoms with Gasteiger partial charge in [0, 0.05) is 31.3 Å². The molecule has 0 aromatic carbocycles. The molecule has 0 aliphatic heterocycles. The van der Waals surface area contributed by atoms with Crippen LogP contribution in [0.3, 0.4) is 0 Å². The van der Waals surface area contributed by atoms with E-state index >= 15 is 0 Å². The van der Waals surface area contributed by atoms with E-state index in [-0.39, 0.29) is 42.3 Å². The van der Waals surface area contributed by atoms with Crippen molar-refractivity contribution in [2.24, 2.45) is 5.92 Å². The number of hydrogen-bond donors (Lipinski definition) is 2. The number of ether oxygens (including phenoxy) is 2. The van der Waals surface area contributed by atoms with E-state index < -0.39 is 0 Å². The molecule has 150 valence electrons. The van der Waals surface area contributed by atoms with Crippen molar-refractivity contribution in [3.63, 3.8) is 0 Å². The number of nitrogens with one attached hydrogen (secondary N) is 2. The van der Waals surface area contributed by atoms with Crippen molar-refractivity contribution in [1.82, 2.24) is 10.6 Å². The molecule has 26 heavy (non-hydrogen) atoms. The summed E-state index contributed by atoms with van der Waals surface area (Å²) in [5, 5.41) is 5.86. The summed E-state index contributed by atoms with van der Waals surface area (Å²) in [5.74, 6) is 0.141. The number of Topliss-reactive ketones (excluding diaryl/α,β-unsaturated/α-hetero) is 1. The number of carbonyl (C=O) groups is 3. The van der Waals surface area contributed by atoms with Gasteiger partial charge in [0.1, 0.15) is 12.4 Å². The molecule has 1 aliphatic carbocycles. The zero-order valence-electron chi connectivity index (χ0n) is 16.3. The lowest BCUT2D eigenvalue weighted by molar-refractivity contribution is -0.128. The highest BCUT2D eigenvalue weighted by molar-refractivity contribution is 5.79. The third-order valence-corrected chi connectivity index (χ3v) is 4.48. The minimum Gasteiger partial charge on any atom is -0.379 e. The molecule has 2 amide bonds. The average molecular weight is 370 g/mol. The summed E-state index contributed by atoms with van der Waals surface area (Å²) >= 11 is 0. The third-order valence-electron chi connectivity index (χ3n) is 4.48. The Hall–Kier alpha value is -1.47. The van der Waals surface area contributed by atoms with E-state index in [0.29, 0.717) is 32.6 Å². The van der Waals surface area contributed by atoms with Gasteiger partial charge < -0.3 is 20.1 Å². The second kappa shape index (κ2) is 12.8. The van der Waals surface area contributed by atoms with E-state index in [0.717, 1.165) is 25.7 Å². The maximum absolute atomic E-state index is 12.2. The molecule has 0 radical (unpaired) electrons. The lowest BCUT2D eigenvalue weighted by Crippen LogP contribution is -2.42. The predicted octanol–water partition coefficient (Wildman–Crippen LogP) is 1.59. The fraction of sp³-hybridized carbons (Fsp3) is 0.842. The molecular formula is C19H34N2O5. The number of rotatable bonds is 12. The summed E-state index contributed by atoms with van der Waals surface area (Å²) < 4.78 is 10.6. The van der Waals surface area contributed by atoms with Crippen LogP contribution in [0.4, 0.5) is 0 Å². The summed E-state index contributed by atoms with van der Waals surface area (Å²) in [6.45, 7) is 7.00. The van der Waals surface area contributed by atoms with Crippen LogP contribution in [0.15, 0.2) is 0 Å². The van der Waals surface area contributed by atoms with Crippen molar-refractivity contribution in [2.45, 2.75) is 71.4 Å². The molecule has 1 aliphatic rings. The largest absolute Gasteiger partial charge is 0.379 e. The molecule has 0 saturated heterocycles. The molecule has 0 heterocycles. The van der Waals surface area contributed by atoms with Gasteiger partial charge in [-0.2, -0.15) is 0 Å². The fourth-order valence-corrected chi connectivity index (χ4v) is 2.87. The van der Waals surface area contributed by atoms with Crippen molar-refractivity contribution in [3.05, 3.63) is 0 Å². The average Bonchev–Trinajstić information content (AvgIpc) is 2.63. The van der Waals surface area contributed by atoms with Gasteiger partial charge in [-0.25, -0.2) is 0 Å². The molecule has 0 bridgehead atoms. The highest BCUT2D eigenvalue weighted by Gasteiger charge is 2.26. The van der Waals surface area contributed by atoms with Crippen LogP contribution in [-0.4, -0.2) is 56.1 Å². The Kier molecular flexibility index (Phi) is 11.1. The van der Waals surface area contributed by atoms with Gasteiger partial charge in [-0.1, -0.05) is 6.92 Å². The molecule has 7 nitrogen and oxygen atoms in total. The zero-order valence-corrected chi connectivity index (χ0v) is 16.3. The van der Waals surface area contributed by atoms with Gasteiger partial charge in [0.05, 0.1) is 19.3 Å². The van der Waals surface area contributed by atoms with Crippen molar-refractivity contribution in [3.8, 4) is 0 Å². The standard InChI is InChI=1S/C19H34N2O5/c1-4-17(22)9-11-25-12-10-20-19(24)15-5-7-16(8-6-15)21-18(23)13-26-14(2)3/h14-16H,4-13H2,1-3H3,(H,20,24)(H,21,23). The van der Waals surface area contributed by atoms with Gasteiger partial charge in [-0.05, 0) is 39.5 Å². The lowest BCUT2D eigenvalue weighted by atomic mass is 9.85. The van der Waals surface area contributed by atoms with E-state index in [4.69, 9.17) is 9.47 Å². The van der Waals surface area contributed by atoms with Crippen LogP contribution in [0.1, 0.15) is 59.3 Å². The van der Waals surface area contributed by atoms with E-state index in [1.54, 1.807) is 0 Å². The monoisotopic (exact) mass is 370 g/mol. The Morgan fingerprint density at radius 3 is 2.38 bits per heavy atom. The molecule has 7 heteroatoms. The van der Waals surface area contributed by atoms with Gasteiger partial charge in [0.15, 0.2) is 0 Å². The van der Waals surface area contributed by atoms with Gasteiger partial charge in [0.25, 0.3) is 0 Å². The smallest absolute Gasteiger partial charge is 0.246 e. The number of carbonyl (C=O) groups excluding carboxylic acids is 3. The molecule has 0 unspecified atom stereocenters. The van der Waals surface area contributed by atoms with Crippen LogP contribution >= 0.6 is 0 Å². The predicted molar refractivity (Wildman–Crippen MR) is 98.7 cm³/mol. The van der Waals surface area contributed by atoms with Gasteiger partial charge in [-0.3, -0.25) is 14.4 Å². The molecule has 1 fully saturated rings. The Bertz CT molecular complexity index is 445. The summed E-state index contributed by atoms with van der Waals surface area (Å²) in [6.07, 6.45) is 4.16. The highest BCUT2D eigenvalue weighted by Crippen LogP contribution is 2.24. The number of hydrogen-bond acceptors (Lipinski definition) is 5. The summed E-state index contributed by atoms with van der Waals surface area (Å²) in [7, 11) is 0. The van der Waals surface area contributed by atoms with Crippen LogP contribution < -0.4 is 10.6 Å². The topological polar surface area (TPSA) is 93.7 Å². The Balaban J connectivity index is 2.10. The normalized spacial score (nSPS) is 20.0. The summed E-state index contributed by atoms with van der Waals surface area (Å²) in [4.78, 5) is 35.1. The molecule has 2 N–H and O–H groups in total. The summed E-state index contributed by atoms with van der Waals surface area (Å²) in [6, 6.07) is 0.127. The first-order valence-corrected chi connectivity index (χ1v) is 9.70. The Labute approximate surface area is 156 Å². The minimum atomic E-state index is -0.0923. The maximum Gasteiger partial charge on any atom is 0.246 e. The molecule has 0 spiro atoms. The first-order chi connectivity index (χ1) is 12.4. The second-order valence-corrected chi connectivity index (χ2v) is 7.02. The highest BCUT2D eigenvalue weighted by atomic mass is 16.5. The lowest BCUT2D eigenvalue weighted by Gasteiger charge is -2.28. The molecule has 1 rings (SSSR count). The second-order valence-electron chi connectivity index (χ2n) is 7.02. The summed E-state index contributed by atoms with van der Waals surface area (Å²) in [5.41, 5.74) is 0. The van der Waals surface area contributed by atoms with Crippen LogP contribution in [0.5, 0.6) is 0 Å². The molecule has 0 atom stereocenters. The van der Waals surface area contributed by atoms with E-state index in [9.17, 15) is 14.4 Å². The van der Waals surface area contributed by atoms with Crippen LogP contribution in [0.2, 0.25) is 0 Å². The molecule has 1 saturated carbocycles. The zero-order chi connectivity index (χ0) is 19.4. The quantitative estimate of drug-likeness (QED) is 0.509. The fourth-order valence-electron chi connectivity index (χ4n) is 2.87. The van der Waals surface area contributed by atoms with Crippen LogP contribution in [0.25, 0.3) is 0 Å². The minimum absolute atomic E-state index is 0.00302. The van der Waals surface area contributed by atoms with Crippen molar-refractivity contribution < 1.29 is 23.9 Å². The first-order valence-electron chi connectivity index (χ1n) is 9.70. The van der Waals surface area contributed by atoms with E-state index in [1.807, 2.05) is 20.8 Å². The SMILES string of the molecule is CCC(=O)CCOCCNC(=O)C1CCC(NC(=O)COC(C)C)CC1. The van der Waals surface area contributed by atoms with Gasteiger partial charge in [-0.15, -0.1) is 0 Å². The van der Waals surface area contributed by atoms with E-state index in [1.165, 1.54) is 0 Å². The van der Waals surface area contributed by atoms with Gasteiger partial charge in [0.2, 0.25) is 11.8 Å². The van der Waals surface area contributed by atoms with Crippen molar-refractivity contribution >= 4 is 17.6 Å². The van der Waals surface area contributed by atoms with E-state index in [2.05, 4.69) is 10.6 Å². The Morgan fingerprint density at radius 2 is 1.77 bits per heavy atom. The van der Waals surface area contributed by atoms with Crippen LogP contribution in [-0.2, 0) is 23.9 Å². The van der Waals surface area contributed by atoms with Crippen molar-refractivity contribution in [2.75, 3.05) is 26.4 Å². The molecule has 0 aromatic rings. The molecule has 0 aromatic heterocycles. The van der Waals surface area contributed by atoms with Crippen molar-refractivity contribution in [1.29, 1.82) is 0 Å². The Morgan fingerprint density at radius 1 is 1.08 bits per heavy atom. The number of amides is 2. The van der Waals surface area contributed by atoms with Crippen LogP contribution in [0, 0.1) is 5.92 Å². The van der Waals surface area contributed by atoms with Gasteiger partial charge >= 0.3 is 0 Å².